The van der Waals surface area contributed by atoms with Crippen molar-refractivity contribution in [3.63, 3.8) is 0 Å². The predicted molar refractivity (Wildman–Crippen MR) is 117 cm³/mol. The molecule has 31 heavy (non-hydrogen) atoms. The maximum atomic E-state index is 13.2. The minimum absolute atomic E-state index is 0.261. The average Bonchev–Trinajstić information content (AvgIpc) is 3.26. The van der Waals surface area contributed by atoms with Crippen LogP contribution in [0.1, 0.15) is 44.6 Å². The SMILES string of the molecule is CCCC[C@@H](N)C(=O)NCC(=O)N[C@@H](Cc1ccccc1)C(=O)N1CCC[C@H]1C(N)=O. The van der Waals surface area contributed by atoms with Gasteiger partial charge in [0.2, 0.25) is 23.6 Å². The van der Waals surface area contributed by atoms with Gasteiger partial charge in [0.05, 0.1) is 12.6 Å². The van der Waals surface area contributed by atoms with E-state index < -0.39 is 35.8 Å². The first-order valence-corrected chi connectivity index (χ1v) is 10.8. The third-order valence-corrected chi connectivity index (χ3v) is 5.41. The van der Waals surface area contributed by atoms with Gasteiger partial charge in [-0.05, 0) is 24.8 Å². The van der Waals surface area contributed by atoms with Crippen LogP contribution in [-0.2, 0) is 25.6 Å². The normalized spacial score (nSPS) is 17.6. The zero-order chi connectivity index (χ0) is 22.8. The summed E-state index contributed by atoms with van der Waals surface area (Å²) in [6.07, 6.45) is 3.74. The molecule has 170 valence electrons. The number of nitrogens with one attached hydrogen (secondary N) is 2. The topological polar surface area (TPSA) is 148 Å². The van der Waals surface area contributed by atoms with Crippen molar-refractivity contribution in [2.45, 2.75) is 63.6 Å². The molecule has 4 amide bonds. The van der Waals surface area contributed by atoms with Crippen LogP contribution in [-0.4, -0.2) is 59.7 Å². The quantitative estimate of drug-likeness (QED) is 0.384. The Kier molecular flexibility index (Phi) is 9.45. The molecule has 3 atom stereocenters. The van der Waals surface area contributed by atoms with Crippen LogP contribution in [0.25, 0.3) is 0 Å². The smallest absolute Gasteiger partial charge is 0.246 e. The number of rotatable bonds is 11. The van der Waals surface area contributed by atoms with Crippen LogP contribution < -0.4 is 22.1 Å². The second kappa shape index (κ2) is 12.0. The molecule has 2 rings (SSSR count). The molecule has 0 aromatic heterocycles. The van der Waals surface area contributed by atoms with E-state index in [-0.39, 0.29) is 18.9 Å². The molecule has 1 aromatic carbocycles. The maximum absolute atomic E-state index is 13.2. The summed E-state index contributed by atoms with van der Waals surface area (Å²) < 4.78 is 0. The zero-order valence-electron chi connectivity index (χ0n) is 18.0. The van der Waals surface area contributed by atoms with Gasteiger partial charge in [-0.3, -0.25) is 19.2 Å². The molecule has 0 radical (unpaired) electrons. The molecule has 0 aliphatic carbocycles. The van der Waals surface area contributed by atoms with Gasteiger partial charge in [0, 0.05) is 13.0 Å². The van der Waals surface area contributed by atoms with E-state index in [1.807, 2.05) is 37.3 Å². The summed E-state index contributed by atoms with van der Waals surface area (Å²) in [6, 6.07) is 7.05. The monoisotopic (exact) mass is 431 g/mol. The standard InChI is InChI=1S/C22H33N5O4/c1-2-3-10-16(23)21(30)25-14-19(28)26-17(13-15-8-5-4-6-9-15)22(31)27-12-7-11-18(27)20(24)29/h4-6,8-9,16-18H,2-3,7,10-14,23H2,1H3,(H2,24,29)(H,25,30)(H,26,28)/t16-,17+,18+/m1/s1. The van der Waals surface area contributed by atoms with Crippen molar-refractivity contribution in [3.05, 3.63) is 35.9 Å². The van der Waals surface area contributed by atoms with Crippen LogP contribution in [0.2, 0.25) is 0 Å². The van der Waals surface area contributed by atoms with Gasteiger partial charge in [0.25, 0.3) is 0 Å². The second-order valence-electron chi connectivity index (χ2n) is 7.87. The maximum Gasteiger partial charge on any atom is 0.246 e. The Balaban J connectivity index is 2.03. The molecule has 1 fully saturated rings. The van der Waals surface area contributed by atoms with Gasteiger partial charge in [-0.1, -0.05) is 50.1 Å². The van der Waals surface area contributed by atoms with Gasteiger partial charge < -0.3 is 27.0 Å². The van der Waals surface area contributed by atoms with Crippen LogP contribution in [0.15, 0.2) is 30.3 Å². The van der Waals surface area contributed by atoms with E-state index in [4.69, 9.17) is 11.5 Å². The van der Waals surface area contributed by atoms with Crippen LogP contribution in [0, 0.1) is 0 Å². The van der Waals surface area contributed by atoms with Crippen molar-refractivity contribution >= 4 is 23.6 Å². The van der Waals surface area contributed by atoms with Crippen molar-refractivity contribution in [1.29, 1.82) is 0 Å². The molecule has 9 nitrogen and oxygen atoms in total. The Morgan fingerprint density at radius 1 is 1.19 bits per heavy atom. The van der Waals surface area contributed by atoms with Gasteiger partial charge in [0.1, 0.15) is 12.1 Å². The fourth-order valence-corrected chi connectivity index (χ4v) is 3.68. The Labute approximate surface area is 182 Å². The summed E-state index contributed by atoms with van der Waals surface area (Å²) in [5, 5.41) is 5.22. The fraction of sp³-hybridized carbons (Fsp3) is 0.545. The van der Waals surface area contributed by atoms with Crippen LogP contribution in [0.4, 0.5) is 0 Å². The Morgan fingerprint density at radius 2 is 1.90 bits per heavy atom. The number of likely N-dealkylation sites (tertiary alicyclic amines) is 1. The van der Waals surface area contributed by atoms with Gasteiger partial charge in [-0.25, -0.2) is 0 Å². The molecule has 9 heteroatoms. The molecule has 1 aliphatic heterocycles. The summed E-state index contributed by atoms with van der Waals surface area (Å²) >= 11 is 0. The molecule has 1 saturated heterocycles. The minimum Gasteiger partial charge on any atom is -0.368 e. The molecule has 1 aromatic rings. The summed E-state index contributed by atoms with van der Waals surface area (Å²) in [5.74, 6) is -1.81. The van der Waals surface area contributed by atoms with E-state index in [2.05, 4.69) is 10.6 Å². The molecular weight excluding hydrogens is 398 g/mol. The highest BCUT2D eigenvalue weighted by Gasteiger charge is 2.36. The Bertz CT molecular complexity index is 770. The number of amides is 4. The predicted octanol–water partition coefficient (Wildman–Crippen LogP) is -0.176. The third kappa shape index (κ3) is 7.36. The van der Waals surface area contributed by atoms with E-state index in [1.54, 1.807) is 0 Å². The molecule has 0 saturated carbocycles. The highest BCUT2D eigenvalue weighted by Crippen LogP contribution is 2.19. The number of nitrogens with two attached hydrogens (primary N) is 2. The lowest BCUT2D eigenvalue weighted by Crippen LogP contribution is -2.55. The highest BCUT2D eigenvalue weighted by atomic mass is 16.2. The second-order valence-corrected chi connectivity index (χ2v) is 7.87. The first kappa shape index (κ1) is 24.3. The number of hydrogen-bond acceptors (Lipinski definition) is 5. The third-order valence-electron chi connectivity index (χ3n) is 5.41. The highest BCUT2D eigenvalue weighted by molar-refractivity contribution is 5.93. The van der Waals surface area contributed by atoms with Crippen LogP contribution in [0.3, 0.4) is 0 Å². The largest absolute Gasteiger partial charge is 0.368 e. The first-order chi connectivity index (χ1) is 14.8. The summed E-state index contributed by atoms with van der Waals surface area (Å²) in [4.78, 5) is 50.9. The van der Waals surface area contributed by atoms with Crippen molar-refractivity contribution in [2.24, 2.45) is 11.5 Å². The van der Waals surface area contributed by atoms with Gasteiger partial charge in [-0.15, -0.1) is 0 Å². The zero-order valence-corrected chi connectivity index (χ0v) is 18.0. The number of unbranched alkanes of at least 4 members (excludes halogenated alkanes) is 1. The molecule has 1 aliphatic rings. The molecule has 0 spiro atoms. The van der Waals surface area contributed by atoms with E-state index in [0.29, 0.717) is 25.8 Å². The summed E-state index contributed by atoms with van der Waals surface area (Å²) in [6.45, 7) is 2.14. The van der Waals surface area contributed by atoms with E-state index in [1.165, 1.54) is 4.90 Å². The van der Waals surface area contributed by atoms with Crippen molar-refractivity contribution in [1.82, 2.24) is 15.5 Å². The number of hydrogen-bond donors (Lipinski definition) is 4. The molecular formula is C22H33N5O4. The number of nitrogens with zero attached hydrogens (tertiary/aromatic N) is 1. The van der Waals surface area contributed by atoms with Crippen molar-refractivity contribution in [3.8, 4) is 0 Å². The molecule has 0 unspecified atom stereocenters. The number of primary amides is 1. The van der Waals surface area contributed by atoms with E-state index >= 15 is 0 Å². The lowest BCUT2D eigenvalue weighted by molar-refractivity contribution is -0.140. The van der Waals surface area contributed by atoms with Gasteiger partial charge in [0.15, 0.2) is 0 Å². The minimum atomic E-state index is -0.875. The van der Waals surface area contributed by atoms with E-state index in [0.717, 1.165) is 18.4 Å². The van der Waals surface area contributed by atoms with Crippen LogP contribution in [0.5, 0.6) is 0 Å². The molecule has 6 N–H and O–H groups in total. The fourth-order valence-electron chi connectivity index (χ4n) is 3.68. The summed E-state index contributed by atoms with van der Waals surface area (Å²) in [7, 11) is 0. The number of carbonyl (C=O) groups excluding carboxylic acids is 4. The van der Waals surface area contributed by atoms with Crippen molar-refractivity contribution < 1.29 is 19.2 Å². The lowest BCUT2D eigenvalue weighted by Gasteiger charge is -2.28. The van der Waals surface area contributed by atoms with Gasteiger partial charge >= 0.3 is 0 Å². The first-order valence-electron chi connectivity index (χ1n) is 10.8. The molecule has 1 heterocycles. The van der Waals surface area contributed by atoms with Crippen molar-refractivity contribution in [2.75, 3.05) is 13.1 Å². The van der Waals surface area contributed by atoms with Gasteiger partial charge in [-0.2, -0.15) is 0 Å². The molecule has 0 bridgehead atoms. The van der Waals surface area contributed by atoms with E-state index in [9.17, 15) is 19.2 Å². The Hall–Kier alpha value is -2.94. The number of carbonyl (C=O) groups is 4. The average molecular weight is 432 g/mol. The lowest BCUT2D eigenvalue weighted by atomic mass is 10.0. The Morgan fingerprint density at radius 3 is 2.55 bits per heavy atom. The van der Waals surface area contributed by atoms with Crippen LogP contribution >= 0.6 is 0 Å². The number of benzene rings is 1. The summed E-state index contributed by atoms with van der Waals surface area (Å²) in [5.41, 5.74) is 12.1.